The number of benzene rings is 4. The molecule has 3 aliphatic rings. The smallest absolute Gasteiger partial charge is 0.261 e. The fourth-order valence-corrected chi connectivity index (χ4v) is 7.46. The Kier molecular flexibility index (Phi) is 22.8. The van der Waals surface area contributed by atoms with E-state index in [-0.39, 0.29) is 35.7 Å². The van der Waals surface area contributed by atoms with Gasteiger partial charge in [0.15, 0.2) is 12.2 Å². The molecule has 5 aromatic rings. The summed E-state index contributed by atoms with van der Waals surface area (Å²) in [5, 5.41) is 23.2. The Morgan fingerprint density at radius 3 is 1.91 bits per heavy atom. The van der Waals surface area contributed by atoms with Gasteiger partial charge in [0.2, 0.25) is 0 Å². The highest BCUT2D eigenvalue weighted by molar-refractivity contribution is 9.09. The summed E-state index contributed by atoms with van der Waals surface area (Å²) in [6.07, 6.45) is 5.32. The summed E-state index contributed by atoms with van der Waals surface area (Å²) in [6.45, 7) is 13.7. The maximum absolute atomic E-state index is 13.2. The Hall–Kier alpha value is -4.81. The zero-order valence-electron chi connectivity index (χ0n) is 39.7. The number of imide groups is 1. The second-order valence-electron chi connectivity index (χ2n) is 15.9. The van der Waals surface area contributed by atoms with E-state index in [4.69, 9.17) is 28.2 Å². The van der Waals surface area contributed by atoms with Crippen molar-refractivity contribution in [3.8, 4) is 22.8 Å². The first-order valence-corrected chi connectivity index (χ1v) is 24.6. The van der Waals surface area contributed by atoms with Crippen LogP contribution in [0, 0.1) is 5.82 Å². The number of aliphatic hydroxyl groups excluding tert-OH is 2. The van der Waals surface area contributed by atoms with Gasteiger partial charge in [-0.05, 0) is 104 Å². The molecule has 1 aliphatic carbocycles. The third-order valence-corrected chi connectivity index (χ3v) is 11.6. The van der Waals surface area contributed by atoms with Gasteiger partial charge in [-0.2, -0.15) is 0 Å². The van der Waals surface area contributed by atoms with Gasteiger partial charge in [0.05, 0.1) is 67.5 Å². The van der Waals surface area contributed by atoms with Crippen molar-refractivity contribution in [1.29, 1.82) is 0 Å². The molecule has 0 bridgehead atoms. The minimum absolute atomic E-state index is 0.0483. The second kappa shape index (κ2) is 27.9. The van der Waals surface area contributed by atoms with E-state index in [1.165, 1.54) is 37.0 Å². The number of aliphatic hydroxyl groups is 2. The van der Waals surface area contributed by atoms with Crippen molar-refractivity contribution in [3.63, 3.8) is 0 Å². The molecule has 1 saturated carbocycles. The summed E-state index contributed by atoms with van der Waals surface area (Å²) < 4.78 is 37.5. The van der Waals surface area contributed by atoms with Crippen LogP contribution in [-0.2, 0) is 14.0 Å². The molecule has 16 heteroatoms. The van der Waals surface area contributed by atoms with E-state index in [0.717, 1.165) is 42.7 Å². The number of fused-ring (bicyclic) bond motifs is 2. The van der Waals surface area contributed by atoms with Crippen molar-refractivity contribution in [2.75, 3.05) is 43.5 Å². The standard InChI is InChI=1S/C30H31FN2O6S.C11H9NO3.C4H9BrO.2C3H8/c1-4-21(34)17-33(40-39-36-3)26-16-27-25(15-24(26)18-5-6-18)28(30(35)32-2)29(38-27)19-7-11-22(12-8-19)37-23-13-9-20(31)10-14-23;13-10-8-3-1-2-4-9(8)11(14)12(10)5-7-6-15-7;1-2-4(6)3-5;2*1-3-2/h7-16,18,21,34H,4-6,17H2,1-3H3,(H,32,35);1-4,7H,5-6H2;4,6H,2-3H2,1H3;2*3H2,1-2H3. The van der Waals surface area contributed by atoms with Crippen LogP contribution in [0.2, 0.25) is 0 Å². The quantitative estimate of drug-likeness (QED) is 0.0163. The predicted octanol–water partition coefficient (Wildman–Crippen LogP) is 11.7. The highest BCUT2D eigenvalue weighted by atomic mass is 79.9. The van der Waals surface area contributed by atoms with Gasteiger partial charge >= 0.3 is 0 Å². The Balaban J connectivity index is 0.000000294. The molecule has 67 heavy (non-hydrogen) atoms. The number of anilines is 1. The van der Waals surface area contributed by atoms with Gasteiger partial charge in [0.25, 0.3) is 17.7 Å². The van der Waals surface area contributed by atoms with E-state index in [1.807, 2.05) is 42.4 Å². The molecule has 8 rings (SSSR count). The zero-order chi connectivity index (χ0) is 49.0. The minimum atomic E-state index is -0.569. The number of rotatable bonds is 16. The van der Waals surface area contributed by atoms with Crippen LogP contribution in [0.5, 0.6) is 11.5 Å². The van der Waals surface area contributed by atoms with Crippen molar-refractivity contribution in [2.24, 2.45) is 0 Å². The van der Waals surface area contributed by atoms with Crippen LogP contribution in [0.4, 0.5) is 10.1 Å². The van der Waals surface area contributed by atoms with Crippen LogP contribution in [0.3, 0.4) is 0 Å². The molecule has 13 nitrogen and oxygen atoms in total. The Bertz CT molecular complexity index is 2280. The first-order chi connectivity index (χ1) is 32.3. The maximum Gasteiger partial charge on any atom is 0.261 e. The molecule has 1 aromatic heterocycles. The predicted molar refractivity (Wildman–Crippen MR) is 266 cm³/mol. The fraction of sp³-hybridized carbons (Fsp3) is 0.431. The average molecular weight is 1010 g/mol. The zero-order valence-corrected chi connectivity index (χ0v) is 42.1. The van der Waals surface area contributed by atoms with Crippen LogP contribution >= 0.6 is 28.2 Å². The molecule has 3 unspecified atom stereocenters. The van der Waals surface area contributed by atoms with Gasteiger partial charge in [-0.25, -0.2) is 9.28 Å². The summed E-state index contributed by atoms with van der Waals surface area (Å²) in [5.41, 5.74) is 4.59. The number of carbonyl (C=O) groups excluding carboxylic acids is 3. The number of carbonyl (C=O) groups is 3. The first kappa shape index (κ1) is 54.8. The lowest BCUT2D eigenvalue weighted by Crippen LogP contribution is -2.33. The molecule has 3 N–H and O–H groups in total. The highest BCUT2D eigenvalue weighted by Gasteiger charge is 2.39. The van der Waals surface area contributed by atoms with E-state index < -0.39 is 6.10 Å². The minimum Gasteiger partial charge on any atom is -0.457 e. The van der Waals surface area contributed by atoms with Crippen LogP contribution in [-0.4, -0.2) is 90.3 Å². The van der Waals surface area contributed by atoms with Gasteiger partial charge in [-0.1, -0.05) is 82.4 Å². The number of hydrogen-bond acceptors (Lipinski definition) is 12. The van der Waals surface area contributed by atoms with Crippen LogP contribution in [0.1, 0.15) is 123 Å². The second-order valence-corrected chi connectivity index (χ2v) is 17.3. The van der Waals surface area contributed by atoms with Gasteiger partial charge < -0.3 is 29.4 Å². The summed E-state index contributed by atoms with van der Waals surface area (Å²) in [7, 11) is 3.02. The number of amides is 3. The molecule has 2 fully saturated rings. The number of nitrogens with zero attached hydrogens (tertiary/aromatic N) is 2. The van der Waals surface area contributed by atoms with Crippen molar-refractivity contribution in [1.82, 2.24) is 10.2 Å². The van der Waals surface area contributed by atoms with Crippen LogP contribution < -0.4 is 14.4 Å². The lowest BCUT2D eigenvalue weighted by Gasteiger charge is -2.26. The van der Waals surface area contributed by atoms with E-state index in [9.17, 15) is 23.9 Å². The van der Waals surface area contributed by atoms with Gasteiger partial charge in [-0.15, -0.1) is 4.33 Å². The largest absolute Gasteiger partial charge is 0.457 e. The fourth-order valence-electron chi connectivity index (χ4n) is 6.40. The lowest BCUT2D eigenvalue weighted by atomic mass is 10.00. The Morgan fingerprint density at radius 2 is 1.45 bits per heavy atom. The first-order valence-electron chi connectivity index (χ1n) is 22.8. The number of furan rings is 1. The number of nitrogens with one attached hydrogen (secondary N) is 1. The van der Waals surface area contributed by atoms with Crippen molar-refractivity contribution in [3.05, 3.63) is 113 Å². The topological polar surface area (TPSA) is 164 Å². The molecule has 364 valence electrons. The van der Waals surface area contributed by atoms with Gasteiger partial charge in [0.1, 0.15) is 28.7 Å². The summed E-state index contributed by atoms with van der Waals surface area (Å²) >= 11 is 4.13. The molecule has 2 aliphatic heterocycles. The van der Waals surface area contributed by atoms with Gasteiger partial charge in [-0.3, -0.25) is 23.6 Å². The molecular formula is C51H65BrFN3O10S. The summed E-state index contributed by atoms with van der Waals surface area (Å²) in [5.74, 6) is 0.841. The molecule has 3 heterocycles. The lowest BCUT2D eigenvalue weighted by molar-refractivity contribution is -0.160. The third-order valence-electron chi connectivity index (χ3n) is 10.1. The molecule has 0 spiro atoms. The maximum atomic E-state index is 13.2. The number of hydrogen-bond donors (Lipinski definition) is 3. The molecule has 4 aromatic carbocycles. The number of halogens is 2. The van der Waals surface area contributed by atoms with E-state index in [0.29, 0.717) is 87.8 Å². The van der Waals surface area contributed by atoms with E-state index >= 15 is 0 Å². The Labute approximate surface area is 406 Å². The molecule has 3 amide bonds. The van der Waals surface area contributed by atoms with Gasteiger partial charge in [0, 0.05) is 29.4 Å². The molecular weight excluding hydrogens is 946 g/mol. The summed E-state index contributed by atoms with van der Waals surface area (Å²) in [6, 6.07) is 23.8. The van der Waals surface area contributed by atoms with Crippen molar-refractivity contribution in [2.45, 2.75) is 104 Å². The normalized spacial score (nSPS) is 15.3. The Morgan fingerprint density at radius 1 is 0.896 bits per heavy atom. The number of alkyl halides is 1. The number of ether oxygens (including phenoxy) is 2. The van der Waals surface area contributed by atoms with Crippen LogP contribution in [0.15, 0.2) is 89.3 Å². The number of epoxide rings is 1. The van der Waals surface area contributed by atoms with E-state index in [2.05, 4.69) is 48.9 Å². The SMILES string of the molecule is CCC.CCC.CCC(O)CBr.CCC(O)CN(SOOC)c1cc2oc(-c3ccc(Oc4ccc(F)cc4)cc3)c(C(=O)NC)c2cc1C1CC1.O=C1c2ccccc2C(=O)N1CC1CO1. The molecule has 0 radical (unpaired) electrons. The highest BCUT2D eigenvalue weighted by Crippen LogP contribution is 2.49. The molecule has 1 saturated heterocycles. The van der Waals surface area contributed by atoms with Crippen molar-refractivity contribution < 1.29 is 52.1 Å². The van der Waals surface area contributed by atoms with Crippen molar-refractivity contribution >= 4 is 62.5 Å². The summed E-state index contributed by atoms with van der Waals surface area (Å²) in [4.78, 5) is 42.9. The average Bonchev–Trinajstić information content (AvgIpc) is 4.30. The van der Waals surface area contributed by atoms with E-state index in [1.54, 1.807) is 55.6 Å². The monoisotopic (exact) mass is 1010 g/mol. The molecule has 3 atom stereocenters. The van der Waals surface area contributed by atoms with Crippen LogP contribution in [0.25, 0.3) is 22.3 Å². The third kappa shape index (κ3) is 15.9.